The van der Waals surface area contributed by atoms with Crippen LogP contribution in [0.4, 0.5) is 0 Å². The predicted molar refractivity (Wildman–Crippen MR) is 96.5 cm³/mol. The lowest BCUT2D eigenvalue weighted by Gasteiger charge is -2.48. The number of amides is 1. The number of aliphatic carboxylic acids is 1. The second kappa shape index (κ2) is 6.61. The van der Waals surface area contributed by atoms with E-state index in [1.807, 2.05) is 0 Å². The lowest BCUT2D eigenvalue weighted by atomic mass is 10.0. The Kier molecular flexibility index (Phi) is 4.81. The van der Waals surface area contributed by atoms with Crippen molar-refractivity contribution in [1.29, 1.82) is 5.41 Å². The van der Waals surface area contributed by atoms with E-state index in [0.717, 1.165) is 0 Å². The molecular weight excluding hydrogens is 366 g/mol. The van der Waals surface area contributed by atoms with Gasteiger partial charge >= 0.3 is 5.97 Å². The Balaban J connectivity index is 1.80. The van der Waals surface area contributed by atoms with Crippen molar-refractivity contribution < 1.29 is 14.7 Å². The van der Waals surface area contributed by atoms with Crippen molar-refractivity contribution in [1.82, 2.24) is 9.91 Å². The molecule has 10 nitrogen and oxygen atoms in total. The van der Waals surface area contributed by atoms with Crippen LogP contribution in [0.2, 0.25) is 0 Å². The number of thioether (sulfide) groups is 2. The molecule has 1 fully saturated rings. The average Bonchev–Trinajstić information content (AvgIpc) is 2.60. The molecule has 0 radical (unpaired) electrons. The highest BCUT2D eigenvalue weighted by Crippen LogP contribution is 2.40. The van der Waals surface area contributed by atoms with Gasteiger partial charge in [0.2, 0.25) is 5.91 Å². The first-order chi connectivity index (χ1) is 11.7. The normalized spacial score (nSPS) is 32.4. The molecule has 0 saturated carbocycles. The second-order valence-corrected chi connectivity index (χ2v) is 8.00. The fourth-order valence-electron chi connectivity index (χ4n) is 2.74. The van der Waals surface area contributed by atoms with Gasteiger partial charge in [-0.1, -0.05) is 18.7 Å². The number of carbonyl (C=O) groups is 2. The van der Waals surface area contributed by atoms with Crippen LogP contribution in [-0.4, -0.2) is 67.0 Å². The van der Waals surface area contributed by atoms with E-state index in [2.05, 4.69) is 4.99 Å². The van der Waals surface area contributed by atoms with Gasteiger partial charge < -0.3 is 16.6 Å². The van der Waals surface area contributed by atoms with E-state index in [1.54, 1.807) is 6.92 Å². The SMILES string of the molecule is CC1C(=N)N=C(SCC2=C(C(=O)O)N3C(=O)C(N)[C@@H]3SC2)N(N)C1N. The summed E-state index contributed by atoms with van der Waals surface area (Å²) >= 11 is 2.64. The van der Waals surface area contributed by atoms with Crippen molar-refractivity contribution in [2.24, 2.45) is 28.2 Å². The van der Waals surface area contributed by atoms with E-state index in [9.17, 15) is 14.7 Å². The van der Waals surface area contributed by atoms with Crippen molar-refractivity contribution in [3.8, 4) is 0 Å². The van der Waals surface area contributed by atoms with Gasteiger partial charge in [0.25, 0.3) is 0 Å². The van der Waals surface area contributed by atoms with Gasteiger partial charge in [-0.05, 0) is 5.57 Å². The number of rotatable bonds is 3. The Bertz CT molecular complexity index is 710. The summed E-state index contributed by atoms with van der Waals surface area (Å²) in [6.45, 7) is 1.76. The molecule has 3 aliphatic rings. The largest absolute Gasteiger partial charge is 0.477 e. The standard InChI is InChI=1S/C13H19N7O3S2/c1-4-8(15)18-13(20(17)9(4)16)25-3-5-2-24-11-6(14)10(21)19(11)7(5)12(22)23/h4,6,9,11,15H,2-3,14,16-17H2,1H3,(H,22,23)/t4?,6?,9?,11-/m0/s1. The van der Waals surface area contributed by atoms with Gasteiger partial charge in [0.15, 0.2) is 5.17 Å². The molecule has 3 aliphatic heterocycles. The zero-order chi connectivity index (χ0) is 18.5. The van der Waals surface area contributed by atoms with Gasteiger partial charge in [-0.25, -0.2) is 15.6 Å². The molecular formula is C13H19N7O3S2. The number of carboxylic acid groups (broad SMARTS) is 1. The molecule has 0 aromatic carbocycles. The number of aliphatic imine (C=N–C) groups is 1. The van der Waals surface area contributed by atoms with Crippen molar-refractivity contribution in [3.05, 3.63) is 11.3 Å². The van der Waals surface area contributed by atoms with Crippen molar-refractivity contribution in [3.63, 3.8) is 0 Å². The number of carbonyl (C=O) groups excluding carboxylic acids is 1. The number of hydrogen-bond acceptors (Lipinski definition) is 9. The monoisotopic (exact) mass is 385 g/mol. The Morgan fingerprint density at radius 3 is 2.84 bits per heavy atom. The van der Waals surface area contributed by atoms with Crippen LogP contribution >= 0.6 is 23.5 Å². The van der Waals surface area contributed by atoms with E-state index in [1.165, 1.54) is 33.4 Å². The van der Waals surface area contributed by atoms with Gasteiger partial charge in [-0.3, -0.25) is 20.1 Å². The van der Waals surface area contributed by atoms with E-state index >= 15 is 0 Å². The maximum atomic E-state index is 11.9. The van der Waals surface area contributed by atoms with Crippen LogP contribution < -0.4 is 17.3 Å². The van der Waals surface area contributed by atoms with Crippen LogP contribution in [0.5, 0.6) is 0 Å². The van der Waals surface area contributed by atoms with Crippen LogP contribution in [0.3, 0.4) is 0 Å². The molecule has 3 rings (SSSR count). The molecule has 0 spiro atoms. The first-order valence-electron chi connectivity index (χ1n) is 7.49. The Morgan fingerprint density at radius 1 is 1.52 bits per heavy atom. The zero-order valence-electron chi connectivity index (χ0n) is 13.4. The van der Waals surface area contributed by atoms with Crippen molar-refractivity contribution in [2.45, 2.75) is 24.5 Å². The summed E-state index contributed by atoms with van der Waals surface area (Å²) in [7, 11) is 0. The fraction of sp³-hybridized carbons (Fsp3) is 0.538. The summed E-state index contributed by atoms with van der Waals surface area (Å²) in [5, 5.41) is 18.7. The Morgan fingerprint density at radius 2 is 2.20 bits per heavy atom. The molecule has 4 atom stereocenters. The first-order valence-corrected chi connectivity index (χ1v) is 9.52. The number of hydrazine groups is 1. The smallest absolute Gasteiger partial charge is 0.352 e. The number of fused-ring (bicyclic) bond motifs is 1. The zero-order valence-corrected chi connectivity index (χ0v) is 15.0. The minimum absolute atomic E-state index is 0.0179. The molecule has 8 N–H and O–H groups in total. The van der Waals surface area contributed by atoms with Gasteiger partial charge in [0.05, 0.1) is 5.92 Å². The van der Waals surface area contributed by atoms with Crippen LogP contribution in [0.25, 0.3) is 0 Å². The quantitative estimate of drug-likeness (QED) is 0.293. The molecule has 12 heteroatoms. The summed E-state index contributed by atoms with van der Waals surface area (Å²) in [5.41, 5.74) is 12.3. The lowest BCUT2D eigenvalue weighted by molar-refractivity contribution is -0.147. The average molecular weight is 385 g/mol. The number of nitrogens with two attached hydrogens (primary N) is 3. The minimum atomic E-state index is -1.16. The second-order valence-electron chi connectivity index (χ2n) is 5.95. The Hall–Kier alpha value is -1.60. The topological polar surface area (TPSA) is 175 Å². The van der Waals surface area contributed by atoms with Gasteiger partial charge in [0.1, 0.15) is 29.1 Å². The summed E-state index contributed by atoms with van der Waals surface area (Å²) in [6.07, 6.45) is -0.569. The van der Waals surface area contributed by atoms with Gasteiger partial charge in [-0.15, -0.1) is 11.8 Å². The van der Waals surface area contributed by atoms with Crippen LogP contribution in [0.15, 0.2) is 16.3 Å². The molecule has 0 aromatic heterocycles. The van der Waals surface area contributed by atoms with Crippen LogP contribution in [0, 0.1) is 11.3 Å². The van der Waals surface area contributed by atoms with Crippen molar-refractivity contribution >= 4 is 46.4 Å². The van der Waals surface area contributed by atoms with E-state index in [0.29, 0.717) is 16.5 Å². The highest BCUT2D eigenvalue weighted by Gasteiger charge is 2.51. The number of amidine groups is 2. The van der Waals surface area contributed by atoms with Crippen LogP contribution in [0.1, 0.15) is 6.92 Å². The summed E-state index contributed by atoms with van der Waals surface area (Å²) in [6, 6.07) is -0.657. The molecule has 25 heavy (non-hydrogen) atoms. The summed E-state index contributed by atoms with van der Waals surface area (Å²) < 4.78 is 0. The summed E-state index contributed by atoms with van der Waals surface area (Å²) in [5.74, 6) is 4.95. The minimum Gasteiger partial charge on any atom is -0.477 e. The number of nitrogens with one attached hydrogen (secondary N) is 1. The molecule has 0 bridgehead atoms. The maximum absolute atomic E-state index is 11.9. The predicted octanol–water partition coefficient (Wildman–Crippen LogP) is -1.26. The molecule has 1 amide bonds. The van der Waals surface area contributed by atoms with Gasteiger partial charge in [0, 0.05) is 11.5 Å². The molecule has 136 valence electrons. The van der Waals surface area contributed by atoms with Gasteiger partial charge in [-0.2, -0.15) is 0 Å². The molecule has 0 aliphatic carbocycles. The van der Waals surface area contributed by atoms with Crippen LogP contribution in [-0.2, 0) is 9.59 Å². The maximum Gasteiger partial charge on any atom is 0.352 e. The number of nitrogens with zero attached hydrogens (tertiary/aromatic N) is 3. The molecule has 0 aromatic rings. The third kappa shape index (κ3) is 2.93. The molecule has 3 heterocycles. The number of carboxylic acids is 1. The number of hydrogen-bond donors (Lipinski definition) is 5. The first kappa shape index (κ1) is 18.2. The highest BCUT2D eigenvalue weighted by atomic mass is 32.2. The lowest BCUT2D eigenvalue weighted by Crippen LogP contribution is -2.68. The molecule has 3 unspecified atom stereocenters. The third-order valence-corrected chi connectivity index (χ3v) is 6.78. The highest BCUT2D eigenvalue weighted by molar-refractivity contribution is 8.14. The molecule has 1 saturated heterocycles. The fourth-order valence-corrected chi connectivity index (χ4v) is 5.14. The van der Waals surface area contributed by atoms with E-state index < -0.39 is 18.2 Å². The third-order valence-electron chi connectivity index (χ3n) is 4.37. The van der Waals surface area contributed by atoms with Crippen molar-refractivity contribution in [2.75, 3.05) is 11.5 Å². The number of β-lactam (4-membered cyclic amide) rings is 1. The Labute approximate surface area is 152 Å². The summed E-state index contributed by atoms with van der Waals surface area (Å²) in [4.78, 5) is 28.9. The van der Waals surface area contributed by atoms with E-state index in [4.69, 9.17) is 22.7 Å². The van der Waals surface area contributed by atoms with E-state index in [-0.39, 0.29) is 34.5 Å².